The molecule has 0 saturated heterocycles. The van der Waals surface area contributed by atoms with Crippen LogP contribution in [0.15, 0.2) is 12.1 Å². The summed E-state index contributed by atoms with van der Waals surface area (Å²) in [7, 11) is 0. The Labute approximate surface area is 112 Å². The van der Waals surface area contributed by atoms with Crippen molar-refractivity contribution in [3.05, 3.63) is 19.3 Å². The van der Waals surface area contributed by atoms with Crippen LogP contribution in [0.4, 0.5) is 0 Å². The van der Waals surface area contributed by atoms with Gasteiger partial charge < -0.3 is 9.47 Å². The van der Waals surface area contributed by atoms with Gasteiger partial charge in [-0.15, -0.1) is 0 Å². The first kappa shape index (κ1) is 12.4. The molecule has 1 aromatic rings. The van der Waals surface area contributed by atoms with Crippen LogP contribution in [-0.2, 0) is 0 Å². The smallest absolute Gasteiger partial charge is 0.136 e. The monoisotopic (exact) mass is 418 g/mol. The highest BCUT2D eigenvalue weighted by molar-refractivity contribution is 14.1. The fourth-order valence-corrected chi connectivity index (χ4v) is 2.88. The van der Waals surface area contributed by atoms with Gasteiger partial charge in [-0.3, -0.25) is 0 Å². The van der Waals surface area contributed by atoms with Crippen LogP contribution in [0.2, 0.25) is 0 Å². The molecule has 0 aliphatic carbocycles. The van der Waals surface area contributed by atoms with E-state index in [0.717, 1.165) is 18.6 Å². The van der Waals surface area contributed by atoms with E-state index in [1.807, 2.05) is 19.9 Å². The minimum atomic E-state index is 0.683. The summed E-state index contributed by atoms with van der Waals surface area (Å²) in [5, 5.41) is 0. The van der Waals surface area contributed by atoms with Crippen LogP contribution >= 0.6 is 45.2 Å². The molecule has 0 atom stereocenters. The molecule has 0 amide bonds. The third kappa shape index (κ3) is 3.15. The number of hydrogen-bond acceptors (Lipinski definition) is 2. The molecule has 4 heteroatoms. The summed E-state index contributed by atoms with van der Waals surface area (Å²) in [6, 6.07) is 4.02. The van der Waals surface area contributed by atoms with Gasteiger partial charge >= 0.3 is 0 Å². The summed E-state index contributed by atoms with van der Waals surface area (Å²) < 4.78 is 13.2. The highest BCUT2D eigenvalue weighted by atomic mass is 127. The van der Waals surface area contributed by atoms with E-state index >= 15 is 0 Å². The van der Waals surface area contributed by atoms with Crippen LogP contribution in [0.3, 0.4) is 0 Å². The molecular formula is C10H12I2O2. The van der Waals surface area contributed by atoms with Crippen LogP contribution in [-0.4, -0.2) is 13.2 Å². The van der Waals surface area contributed by atoms with Crippen LogP contribution < -0.4 is 9.47 Å². The van der Waals surface area contributed by atoms with Gasteiger partial charge in [0.05, 0.1) is 20.4 Å². The maximum Gasteiger partial charge on any atom is 0.136 e. The first-order chi connectivity index (χ1) is 6.69. The summed E-state index contributed by atoms with van der Waals surface area (Å²) in [5.74, 6) is 1.80. The van der Waals surface area contributed by atoms with Crippen molar-refractivity contribution in [1.82, 2.24) is 0 Å². The third-order valence-electron chi connectivity index (χ3n) is 1.59. The molecule has 1 rings (SSSR count). The van der Waals surface area contributed by atoms with Gasteiger partial charge in [-0.1, -0.05) is 0 Å². The molecule has 14 heavy (non-hydrogen) atoms. The van der Waals surface area contributed by atoms with Crippen molar-refractivity contribution >= 4 is 45.2 Å². The zero-order valence-electron chi connectivity index (χ0n) is 8.14. The summed E-state index contributed by atoms with van der Waals surface area (Å²) in [6.07, 6.45) is 0. The van der Waals surface area contributed by atoms with Gasteiger partial charge in [0.15, 0.2) is 0 Å². The molecule has 0 aromatic heterocycles. The van der Waals surface area contributed by atoms with Gasteiger partial charge in [0.25, 0.3) is 0 Å². The van der Waals surface area contributed by atoms with Crippen LogP contribution in [0.1, 0.15) is 13.8 Å². The van der Waals surface area contributed by atoms with Crippen LogP contribution in [0.25, 0.3) is 0 Å². The lowest BCUT2D eigenvalue weighted by Gasteiger charge is -2.10. The number of ether oxygens (including phenoxy) is 2. The van der Waals surface area contributed by atoms with Gasteiger partial charge in [0.1, 0.15) is 11.5 Å². The molecule has 1 aromatic carbocycles. The Morgan fingerprint density at radius 1 is 0.929 bits per heavy atom. The van der Waals surface area contributed by atoms with Crippen molar-refractivity contribution in [2.75, 3.05) is 13.2 Å². The maximum atomic E-state index is 5.49. The summed E-state index contributed by atoms with van der Waals surface area (Å²) in [6.45, 7) is 5.33. The SMILES string of the molecule is CCOc1cc(OCC)c(I)cc1I. The predicted molar refractivity (Wildman–Crippen MR) is 74.2 cm³/mol. The summed E-state index contributed by atoms with van der Waals surface area (Å²) in [5.41, 5.74) is 0. The maximum absolute atomic E-state index is 5.49. The summed E-state index contributed by atoms with van der Waals surface area (Å²) in [4.78, 5) is 0. The first-order valence-electron chi connectivity index (χ1n) is 4.43. The molecule has 0 bridgehead atoms. The van der Waals surface area contributed by atoms with Crippen LogP contribution in [0, 0.1) is 7.14 Å². The largest absolute Gasteiger partial charge is 0.493 e. The van der Waals surface area contributed by atoms with Crippen molar-refractivity contribution in [3.63, 3.8) is 0 Å². The quantitative estimate of drug-likeness (QED) is 0.695. The molecule has 0 fully saturated rings. The molecule has 0 radical (unpaired) electrons. The average Bonchev–Trinajstić information content (AvgIpc) is 2.14. The Morgan fingerprint density at radius 2 is 1.36 bits per heavy atom. The Balaban J connectivity index is 3.00. The van der Waals surface area contributed by atoms with E-state index in [9.17, 15) is 0 Å². The van der Waals surface area contributed by atoms with Gasteiger partial charge in [-0.2, -0.15) is 0 Å². The molecule has 0 aliphatic rings. The lowest BCUT2D eigenvalue weighted by atomic mass is 10.3. The lowest BCUT2D eigenvalue weighted by Crippen LogP contribution is -1.98. The van der Waals surface area contributed by atoms with Crippen molar-refractivity contribution in [2.45, 2.75) is 13.8 Å². The van der Waals surface area contributed by atoms with E-state index in [2.05, 4.69) is 51.2 Å². The fraction of sp³-hybridized carbons (Fsp3) is 0.400. The van der Waals surface area contributed by atoms with Crippen LogP contribution in [0.5, 0.6) is 11.5 Å². The Kier molecular flexibility index (Phi) is 5.29. The number of benzene rings is 1. The second-order valence-corrected chi connectivity index (χ2v) is 4.90. The lowest BCUT2D eigenvalue weighted by molar-refractivity contribution is 0.320. The molecule has 2 nitrogen and oxygen atoms in total. The number of halogens is 2. The van der Waals surface area contributed by atoms with Crippen molar-refractivity contribution < 1.29 is 9.47 Å². The van der Waals surface area contributed by atoms with E-state index in [4.69, 9.17) is 9.47 Å². The molecule has 78 valence electrons. The Bertz CT molecular complexity index is 286. The topological polar surface area (TPSA) is 18.5 Å². The van der Waals surface area contributed by atoms with E-state index < -0.39 is 0 Å². The van der Waals surface area contributed by atoms with Crippen molar-refractivity contribution in [3.8, 4) is 11.5 Å². The summed E-state index contributed by atoms with van der Waals surface area (Å²) >= 11 is 4.54. The molecule has 0 unspecified atom stereocenters. The zero-order valence-corrected chi connectivity index (χ0v) is 12.5. The predicted octanol–water partition coefficient (Wildman–Crippen LogP) is 3.69. The van der Waals surface area contributed by atoms with E-state index in [1.165, 1.54) is 0 Å². The molecule has 0 saturated carbocycles. The van der Waals surface area contributed by atoms with E-state index in [-0.39, 0.29) is 0 Å². The molecular weight excluding hydrogens is 406 g/mol. The Hall–Kier alpha value is 0.280. The fourth-order valence-electron chi connectivity index (χ4n) is 1.04. The van der Waals surface area contributed by atoms with Gasteiger partial charge in [0.2, 0.25) is 0 Å². The first-order valence-corrected chi connectivity index (χ1v) is 6.59. The minimum Gasteiger partial charge on any atom is -0.493 e. The molecule has 0 aliphatic heterocycles. The van der Waals surface area contributed by atoms with Crippen molar-refractivity contribution in [1.29, 1.82) is 0 Å². The highest BCUT2D eigenvalue weighted by Crippen LogP contribution is 2.31. The third-order valence-corrected chi connectivity index (χ3v) is 3.27. The number of rotatable bonds is 4. The molecule has 0 N–H and O–H groups in total. The van der Waals surface area contributed by atoms with Gasteiger partial charge in [0, 0.05) is 6.07 Å². The molecule has 0 heterocycles. The Morgan fingerprint density at radius 3 is 1.71 bits per heavy atom. The van der Waals surface area contributed by atoms with E-state index in [0.29, 0.717) is 13.2 Å². The van der Waals surface area contributed by atoms with Gasteiger partial charge in [-0.25, -0.2) is 0 Å². The minimum absolute atomic E-state index is 0.683. The average molecular weight is 418 g/mol. The normalized spacial score (nSPS) is 10.0. The standard InChI is InChI=1S/C10H12I2O2/c1-3-13-9-6-10(14-4-2)8(12)5-7(9)11/h5-6H,3-4H2,1-2H3. The van der Waals surface area contributed by atoms with E-state index in [1.54, 1.807) is 0 Å². The number of hydrogen-bond donors (Lipinski definition) is 0. The zero-order chi connectivity index (χ0) is 10.6. The second-order valence-electron chi connectivity index (χ2n) is 2.58. The second kappa shape index (κ2) is 5.99. The molecule has 0 spiro atoms. The van der Waals surface area contributed by atoms with Crippen molar-refractivity contribution in [2.24, 2.45) is 0 Å². The van der Waals surface area contributed by atoms with Gasteiger partial charge in [-0.05, 0) is 65.1 Å². The highest BCUT2D eigenvalue weighted by Gasteiger charge is 2.07.